The summed E-state index contributed by atoms with van der Waals surface area (Å²) in [6, 6.07) is 2.76. The van der Waals surface area contributed by atoms with Gasteiger partial charge in [-0.1, -0.05) is 17.4 Å². The van der Waals surface area contributed by atoms with Crippen LogP contribution in [0.1, 0.15) is 64.9 Å². The molecule has 0 radical (unpaired) electrons. The summed E-state index contributed by atoms with van der Waals surface area (Å²) in [5.41, 5.74) is -2.01. The zero-order chi connectivity index (χ0) is 34.0. The van der Waals surface area contributed by atoms with Crippen LogP contribution in [0, 0.1) is 11.6 Å². The van der Waals surface area contributed by atoms with Crippen molar-refractivity contribution in [3.05, 3.63) is 41.7 Å². The van der Waals surface area contributed by atoms with Crippen LogP contribution in [0.2, 0.25) is 0 Å². The van der Waals surface area contributed by atoms with E-state index in [0.29, 0.717) is 43.1 Å². The van der Waals surface area contributed by atoms with Crippen LogP contribution in [0.5, 0.6) is 0 Å². The van der Waals surface area contributed by atoms with Crippen LogP contribution in [0.4, 0.5) is 34.9 Å². The number of aromatic nitrogens is 3. The molecular weight excluding hydrogens is 624 g/mol. The molecule has 250 valence electrons. The van der Waals surface area contributed by atoms with E-state index in [4.69, 9.17) is 9.47 Å². The summed E-state index contributed by atoms with van der Waals surface area (Å²) in [4.78, 5) is 44.8. The summed E-state index contributed by atoms with van der Waals surface area (Å²) in [6.45, 7) is 11.0. The smallest absolute Gasteiger partial charge is 0.412 e. The molecule has 2 atom stereocenters. The van der Waals surface area contributed by atoms with Gasteiger partial charge in [0.1, 0.15) is 38.5 Å². The molecule has 3 amide bonds. The quantitative estimate of drug-likeness (QED) is 0.275. The van der Waals surface area contributed by atoms with Crippen molar-refractivity contribution < 1.29 is 37.7 Å². The molecule has 4 rings (SSSR count). The van der Waals surface area contributed by atoms with E-state index in [1.165, 1.54) is 12.3 Å². The summed E-state index contributed by atoms with van der Waals surface area (Å²) in [5.74, 6) is -2.04. The molecule has 3 aromatic rings. The Bertz CT molecular complexity index is 1580. The highest BCUT2D eigenvalue weighted by Crippen LogP contribution is 2.36. The molecule has 2 aromatic heterocycles. The Balaban J connectivity index is 1.59. The summed E-state index contributed by atoms with van der Waals surface area (Å²) in [6.07, 6.45) is -0.273. The molecule has 1 aromatic carbocycles. The minimum absolute atomic E-state index is 0.0798. The van der Waals surface area contributed by atoms with Crippen LogP contribution < -0.4 is 20.9 Å². The molecule has 1 fully saturated rings. The summed E-state index contributed by atoms with van der Waals surface area (Å²) in [5, 5.41) is 22.8. The Hall–Kier alpha value is -4.31. The first-order chi connectivity index (χ1) is 21.4. The number of carbonyl (C=O) groups excluding carboxylic acids is 3. The number of rotatable bonds is 6. The first-order valence-corrected chi connectivity index (χ1v) is 15.4. The zero-order valence-corrected chi connectivity index (χ0v) is 27.6. The maximum atomic E-state index is 14.7. The van der Waals surface area contributed by atoms with Crippen molar-refractivity contribution in [2.75, 3.05) is 28.6 Å². The number of nitrogens with one attached hydrogen (secondary N) is 3. The summed E-state index contributed by atoms with van der Waals surface area (Å²) in [7, 11) is 1.68. The number of anilines is 3. The number of carbonyl (C=O) groups is 3. The van der Waals surface area contributed by atoms with Gasteiger partial charge in [0.05, 0.1) is 23.9 Å². The Labute approximate surface area is 269 Å². The average Bonchev–Trinajstić information content (AvgIpc) is 3.43. The third kappa shape index (κ3) is 8.69. The fourth-order valence-electron chi connectivity index (χ4n) is 4.77. The fraction of sp³-hybridized carbons (Fsp3) is 0.500. The lowest BCUT2D eigenvalue weighted by atomic mass is 10.1. The van der Waals surface area contributed by atoms with Gasteiger partial charge in [-0.2, -0.15) is 5.10 Å². The number of amides is 3. The number of ether oxygens (including phenoxy) is 2. The molecule has 0 saturated carbocycles. The largest absolute Gasteiger partial charge is 0.444 e. The number of benzene rings is 1. The molecule has 1 aliphatic rings. The van der Waals surface area contributed by atoms with Gasteiger partial charge in [-0.25, -0.2) is 23.4 Å². The number of thiazole rings is 1. The molecule has 3 heterocycles. The average molecular weight is 664 g/mol. The number of halogens is 2. The second-order valence-corrected chi connectivity index (χ2v) is 13.8. The highest BCUT2D eigenvalue weighted by atomic mass is 32.1. The number of aliphatic hydroxyl groups is 1. The molecule has 1 aliphatic heterocycles. The van der Waals surface area contributed by atoms with E-state index in [-0.39, 0.29) is 21.4 Å². The molecular formula is C30H39F2N7O6S. The van der Waals surface area contributed by atoms with Crippen LogP contribution in [-0.2, 0) is 16.5 Å². The van der Waals surface area contributed by atoms with Crippen LogP contribution in [0.25, 0.3) is 10.6 Å². The van der Waals surface area contributed by atoms with Crippen molar-refractivity contribution in [3.8, 4) is 10.6 Å². The van der Waals surface area contributed by atoms with Crippen molar-refractivity contribution in [1.82, 2.24) is 20.1 Å². The van der Waals surface area contributed by atoms with Gasteiger partial charge in [0, 0.05) is 20.1 Å². The first-order valence-electron chi connectivity index (χ1n) is 14.6. The van der Waals surface area contributed by atoms with Crippen LogP contribution in [0.15, 0.2) is 24.4 Å². The van der Waals surface area contributed by atoms with Crippen molar-refractivity contribution in [3.63, 3.8) is 0 Å². The lowest BCUT2D eigenvalue weighted by molar-refractivity contribution is 0.0419. The third-order valence-corrected chi connectivity index (χ3v) is 7.65. The second-order valence-electron chi connectivity index (χ2n) is 12.8. The Morgan fingerprint density at radius 2 is 1.59 bits per heavy atom. The van der Waals surface area contributed by atoms with E-state index in [0.717, 1.165) is 12.1 Å². The monoisotopic (exact) mass is 663 g/mol. The van der Waals surface area contributed by atoms with Crippen LogP contribution in [-0.4, -0.2) is 74.4 Å². The molecule has 0 unspecified atom stereocenters. The molecule has 4 N–H and O–H groups in total. The predicted molar refractivity (Wildman–Crippen MR) is 169 cm³/mol. The van der Waals surface area contributed by atoms with Crippen LogP contribution >= 0.6 is 11.3 Å². The van der Waals surface area contributed by atoms with E-state index in [2.05, 4.69) is 26.0 Å². The van der Waals surface area contributed by atoms with Gasteiger partial charge < -0.3 is 30.1 Å². The molecule has 16 heteroatoms. The third-order valence-electron chi connectivity index (χ3n) is 6.66. The lowest BCUT2D eigenvalue weighted by Crippen LogP contribution is -2.45. The normalized spacial score (nSPS) is 17.2. The Morgan fingerprint density at radius 3 is 2.22 bits per heavy atom. The van der Waals surface area contributed by atoms with Crippen molar-refractivity contribution in [2.45, 2.75) is 77.7 Å². The molecule has 0 spiro atoms. The number of hydrogen-bond donors (Lipinski definition) is 4. The molecule has 0 aliphatic carbocycles. The topological polar surface area (TPSA) is 160 Å². The minimum Gasteiger partial charge on any atom is -0.444 e. The summed E-state index contributed by atoms with van der Waals surface area (Å²) < 4.78 is 41.5. The van der Waals surface area contributed by atoms with Gasteiger partial charge in [0.25, 0.3) is 5.91 Å². The predicted octanol–water partition coefficient (Wildman–Crippen LogP) is 5.28. The van der Waals surface area contributed by atoms with Crippen LogP contribution in [0.3, 0.4) is 0 Å². The summed E-state index contributed by atoms with van der Waals surface area (Å²) >= 11 is 0.715. The fourth-order valence-corrected chi connectivity index (χ4v) is 5.76. The number of aliphatic hydroxyl groups excluding tert-OH is 1. The molecule has 46 heavy (non-hydrogen) atoms. The zero-order valence-electron chi connectivity index (χ0n) is 26.7. The lowest BCUT2D eigenvalue weighted by Gasteiger charge is -2.25. The maximum absolute atomic E-state index is 14.7. The highest BCUT2D eigenvalue weighted by molar-refractivity contribution is 7.19. The molecule has 1 saturated heterocycles. The maximum Gasteiger partial charge on any atom is 0.412 e. The number of aryl methyl sites for hydroxylation is 1. The first kappa shape index (κ1) is 34.6. The van der Waals surface area contributed by atoms with Gasteiger partial charge in [-0.3, -0.25) is 14.8 Å². The second kappa shape index (κ2) is 13.6. The highest BCUT2D eigenvalue weighted by Gasteiger charge is 2.31. The van der Waals surface area contributed by atoms with Crippen molar-refractivity contribution in [2.24, 2.45) is 7.05 Å². The number of alkyl carbamates (subject to hydrolysis) is 1. The van der Waals surface area contributed by atoms with Crippen molar-refractivity contribution in [1.29, 1.82) is 0 Å². The Morgan fingerprint density at radius 1 is 0.978 bits per heavy atom. The SMILES string of the molecule is Cn1ncc(NC(=O)c2nc(-c3c(F)cccc3F)sc2NC(=O)OC(C)(C)C)c1N1CC[C@@H](O)[C@H](NC(=O)OC(C)(C)C)CC1. The Kier molecular flexibility index (Phi) is 10.2. The van der Waals surface area contributed by atoms with Gasteiger partial charge in [0.2, 0.25) is 0 Å². The van der Waals surface area contributed by atoms with E-state index in [9.17, 15) is 28.3 Å². The van der Waals surface area contributed by atoms with Gasteiger partial charge >= 0.3 is 12.2 Å². The number of hydrogen-bond acceptors (Lipinski definition) is 10. The van der Waals surface area contributed by atoms with E-state index >= 15 is 0 Å². The van der Waals surface area contributed by atoms with Crippen molar-refractivity contribution >= 4 is 45.9 Å². The van der Waals surface area contributed by atoms with E-state index in [1.807, 2.05) is 4.90 Å². The number of nitrogens with zero attached hydrogens (tertiary/aromatic N) is 4. The minimum atomic E-state index is -0.887. The van der Waals surface area contributed by atoms with E-state index < -0.39 is 58.6 Å². The van der Waals surface area contributed by atoms with Gasteiger partial charge in [-0.05, 0) is 66.5 Å². The van der Waals surface area contributed by atoms with Gasteiger partial charge in [-0.15, -0.1) is 0 Å². The van der Waals surface area contributed by atoms with E-state index in [1.54, 1.807) is 53.3 Å². The van der Waals surface area contributed by atoms with Gasteiger partial charge in [0.15, 0.2) is 11.5 Å². The molecule has 13 nitrogen and oxygen atoms in total. The standard InChI is InChI=1S/C30H39F2N7O6S/c1-29(2,3)44-27(42)35-18-11-13-39(14-12-20(18)40)26-19(15-33-38(26)7)34-23(41)22-25(37-28(43)45-30(4,5)6)46-24(36-22)21-16(31)9-8-10-17(21)32/h8-10,15,18,20,40H,11-14H2,1-7H3,(H,34,41)(H,35,42)(H,37,43)/t18-,20-/m1/s1. The molecule has 0 bridgehead atoms.